The first kappa shape index (κ1) is 20.7. The number of sulfone groups is 1. The molecule has 0 radical (unpaired) electrons. The molecule has 1 saturated carbocycles. The van der Waals surface area contributed by atoms with Crippen molar-refractivity contribution in [2.24, 2.45) is 11.3 Å². The predicted molar refractivity (Wildman–Crippen MR) is 99.3 cm³/mol. The van der Waals surface area contributed by atoms with E-state index in [2.05, 4.69) is 5.32 Å². The molecule has 0 aromatic heterocycles. The molecule has 7 nitrogen and oxygen atoms in total. The SMILES string of the molecule is CS(=O)(=O)c1ccc(NC(=O)CN2C[C@@H]3CCC[C@@]3(C(=O)O)C2)cc1.Cl. The third-order valence-electron chi connectivity index (χ3n) is 5.30. The predicted octanol–water partition coefficient (Wildman–Crippen LogP) is 1.64. The Morgan fingerprint density at radius 1 is 1.31 bits per heavy atom. The lowest BCUT2D eigenvalue weighted by Gasteiger charge is -2.23. The first-order valence-electron chi connectivity index (χ1n) is 8.26. The highest BCUT2D eigenvalue weighted by Gasteiger charge is 2.54. The number of anilines is 1. The summed E-state index contributed by atoms with van der Waals surface area (Å²) in [6.07, 6.45) is 3.64. The molecule has 2 fully saturated rings. The van der Waals surface area contributed by atoms with Gasteiger partial charge >= 0.3 is 5.97 Å². The molecule has 1 heterocycles. The van der Waals surface area contributed by atoms with Crippen LogP contribution in [0.2, 0.25) is 0 Å². The van der Waals surface area contributed by atoms with Crippen molar-refractivity contribution < 1.29 is 23.1 Å². The van der Waals surface area contributed by atoms with Gasteiger partial charge in [0.2, 0.25) is 5.91 Å². The molecule has 0 spiro atoms. The number of halogens is 1. The van der Waals surface area contributed by atoms with Crippen LogP contribution in [0, 0.1) is 11.3 Å². The summed E-state index contributed by atoms with van der Waals surface area (Å²) in [6, 6.07) is 5.99. The zero-order chi connectivity index (χ0) is 18.2. The molecule has 1 amide bonds. The van der Waals surface area contributed by atoms with Crippen molar-refractivity contribution in [3.63, 3.8) is 0 Å². The molecule has 9 heteroatoms. The fraction of sp³-hybridized carbons (Fsp3) is 0.529. The van der Waals surface area contributed by atoms with Gasteiger partial charge in [0, 0.05) is 25.0 Å². The number of likely N-dealkylation sites (tertiary alicyclic amines) is 1. The highest BCUT2D eigenvalue weighted by molar-refractivity contribution is 7.90. The summed E-state index contributed by atoms with van der Waals surface area (Å²) >= 11 is 0. The molecular weight excluding hydrogens is 380 g/mol. The molecule has 2 atom stereocenters. The number of fused-ring (bicyclic) bond motifs is 1. The van der Waals surface area contributed by atoms with Crippen molar-refractivity contribution in [2.75, 3.05) is 31.2 Å². The summed E-state index contributed by atoms with van der Waals surface area (Å²) in [4.78, 5) is 26.0. The highest BCUT2D eigenvalue weighted by Crippen LogP contribution is 2.48. The van der Waals surface area contributed by atoms with Crippen LogP contribution in [-0.2, 0) is 19.4 Å². The van der Waals surface area contributed by atoms with E-state index in [1.807, 2.05) is 4.90 Å². The van der Waals surface area contributed by atoms with Crippen LogP contribution >= 0.6 is 12.4 Å². The number of carbonyl (C=O) groups excluding carboxylic acids is 1. The second-order valence-electron chi connectivity index (χ2n) is 7.06. The molecule has 3 rings (SSSR count). The molecular formula is C17H23ClN2O5S. The minimum Gasteiger partial charge on any atom is -0.481 e. The van der Waals surface area contributed by atoms with Gasteiger partial charge in [-0.2, -0.15) is 0 Å². The quantitative estimate of drug-likeness (QED) is 0.775. The summed E-state index contributed by atoms with van der Waals surface area (Å²) in [5.74, 6) is -0.867. The van der Waals surface area contributed by atoms with Crippen molar-refractivity contribution in [1.29, 1.82) is 0 Å². The standard InChI is InChI=1S/C17H22N2O5S.ClH/c1-25(23,24)14-6-4-13(5-7-14)18-15(20)10-19-9-12-3-2-8-17(12,11-19)16(21)22;/h4-7,12H,2-3,8-11H2,1H3,(H,18,20)(H,21,22);1H/t12-,17+;/m0./s1. The number of amides is 1. The lowest BCUT2D eigenvalue weighted by atomic mass is 9.81. The lowest BCUT2D eigenvalue weighted by molar-refractivity contribution is -0.149. The Balaban J connectivity index is 0.00000243. The molecule has 0 bridgehead atoms. The molecule has 26 heavy (non-hydrogen) atoms. The van der Waals surface area contributed by atoms with E-state index >= 15 is 0 Å². The molecule has 0 unspecified atom stereocenters. The maximum Gasteiger partial charge on any atom is 0.311 e. The normalized spacial score (nSPS) is 25.3. The number of nitrogens with zero attached hydrogens (tertiary/aromatic N) is 1. The van der Waals surface area contributed by atoms with Crippen LogP contribution in [0.4, 0.5) is 5.69 Å². The maximum absolute atomic E-state index is 12.2. The van der Waals surface area contributed by atoms with Crippen LogP contribution in [0.15, 0.2) is 29.2 Å². The molecule has 1 aromatic carbocycles. The van der Waals surface area contributed by atoms with Crippen LogP contribution in [0.5, 0.6) is 0 Å². The van der Waals surface area contributed by atoms with E-state index < -0.39 is 21.2 Å². The van der Waals surface area contributed by atoms with Gasteiger partial charge in [0.15, 0.2) is 9.84 Å². The third-order valence-corrected chi connectivity index (χ3v) is 6.43. The number of carbonyl (C=O) groups is 2. The van der Waals surface area contributed by atoms with Crippen molar-refractivity contribution in [1.82, 2.24) is 4.90 Å². The molecule has 1 aromatic rings. The zero-order valence-corrected chi connectivity index (χ0v) is 16.1. The zero-order valence-electron chi connectivity index (χ0n) is 14.5. The van der Waals surface area contributed by atoms with Gasteiger partial charge in [-0.25, -0.2) is 8.42 Å². The number of rotatable bonds is 5. The van der Waals surface area contributed by atoms with Gasteiger partial charge in [-0.05, 0) is 43.0 Å². The number of aliphatic carboxylic acids is 1. The van der Waals surface area contributed by atoms with Crippen LogP contribution in [-0.4, -0.2) is 56.2 Å². The van der Waals surface area contributed by atoms with E-state index in [0.29, 0.717) is 25.2 Å². The Kier molecular flexibility index (Phi) is 5.99. The van der Waals surface area contributed by atoms with Crippen LogP contribution in [0.1, 0.15) is 19.3 Å². The Labute approximate surface area is 159 Å². The summed E-state index contributed by atoms with van der Waals surface area (Å²) < 4.78 is 22.9. The minimum absolute atomic E-state index is 0. The van der Waals surface area contributed by atoms with Crippen LogP contribution < -0.4 is 5.32 Å². The number of carboxylic acid groups (broad SMARTS) is 1. The maximum atomic E-state index is 12.2. The summed E-state index contributed by atoms with van der Waals surface area (Å²) in [5, 5.41) is 12.3. The molecule has 144 valence electrons. The number of carboxylic acids is 1. The van der Waals surface area contributed by atoms with E-state index in [0.717, 1.165) is 19.1 Å². The topological polar surface area (TPSA) is 104 Å². The Morgan fingerprint density at radius 2 is 1.96 bits per heavy atom. The van der Waals surface area contributed by atoms with E-state index in [4.69, 9.17) is 0 Å². The third kappa shape index (κ3) is 4.02. The first-order chi connectivity index (χ1) is 11.7. The number of nitrogens with one attached hydrogen (secondary N) is 1. The number of benzene rings is 1. The van der Waals surface area contributed by atoms with E-state index in [1.54, 1.807) is 12.1 Å². The summed E-state index contributed by atoms with van der Waals surface area (Å²) in [5.41, 5.74) is -0.179. The molecule has 1 aliphatic carbocycles. The van der Waals surface area contributed by atoms with Gasteiger partial charge in [0.1, 0.15) is 0 Å². The van der Waals surface area contributed by atoms with Gasteiger partial charge in [0.25, 0.3) is 0 Å². The Bertz CT molecular complexity index is 796. The number of hydrogen-bond acceptors (Lipinski definition) is 5. The van der Waals surface area contributed by atoms with Crippen molar-refractivity contribution >= 4 is 39.8 Å². The van der Waals surface area contributed by atoms with Gasteiger partial charge in [0.05, 0.1) is 16.9 Å². The largest absolute Gasteiger partial charge is 0.481 e. The van der Waals surface area contributed by atoms with Crippen LogP contribution in [0.25, 0.3) is 0 Å². The fourth-order valence-corrected chi connectivity index (χ4v) is 4.68. The van der Waals surface area contributed by atoms with Crippen molar-refractivity contribution in [2.45, 2.75) is 24.2 Å². The number of hydrogen-bond donors (Lipinski definition) is 2. The lowest BCUT2D eigenvalue weighted by Crippen LogP contribution is -2.37. The van der Waals surface area contributed by atoms with E-state index in [-0.39, 0.29) is 35.7 Å². The van der Waals surface area contributed by atoms with E-state index in [9.17, 15) is 23.1 Å². The van der Waals surface area contributed by atoms with Crippen LogP contribution in [0.3, 0.4) is 0 Å². The first-order valence-corrected chi connectivity index (χ1v) is 10.2. The average molecular weight is 403 g/mol. The molecule has 2 N–H and O–H groups in total. The van der Waals surface area contributed by atoms with Gasteiger partial charge in [-0.3, -0.25) is 14.5 Å². The van der Waals surface area contributed by atoms with Gasteiger partial charge < -0.3 is 10.4 Å². The minimum atomic E-state index is -3.27. The molecule has 1 aliphatic heterocycles. The highest BCUT2D eigenvalue weighted by atomic mass is 35.5. The second-order valence-corrected chi connectivity index (χ2v) is 9.08. The fourth-order valence-electron chi connectivity index (χ4n) is 4.05. The Morgan fingerprint density at radius 3 is 2.50 bits per heavy atom. The summed E-state index contributed by atoms with van der Waals surface area (Å²) in [6.45, 7) is 1.18. The Hall–Kier alpha value is -1.64. The van der Waals surface area contributed by atoms with Crippen molar-refractivity contribution in [3.8, 4) is 0 Å². The molecule has 2 aliphatic rings. The monoisotopic (exact) mass is 402 g/mol. The van der Waals surface area contributed by atoms with Crippen molar-refractivity contribution in [3.05, 3.63) is 24.3 Å². The van der Waals surface area contributed by atoms with E-state index in [1.165, 1.54) is 12.1 Å². The smallest absolute Gasteiger partial charge is 0.311 e. The second kappa shape index (κ2) is 7.54. The molecule has 1 saturated heterocycles. The average Bonchev–Trinajstić information content (AvgIpc) is 3.04. The summed E-state index contributed by atoms with van der Waals surface area (Å²) in [7, 11) is -3.27. The van der Waals surface area contributed by atoms with Gasteiger partial charge in [-0.15, -0.1) is 12.4 Å². The van der Waals surface area contributed by atoms with Gasteiger partial charge in [-0.1, -0.05) is 6.42 Å².